The standard InChI is InChI=1S/C22H28N6O3S/c1-3-4-5-6-18(29)16-9-11-28(12-10-16)21-13-19(26-20(14-23)27-21)25-17-7-8-22(24-15-17)32(2,30)31/h7-8,13,15-16H,3-6,9-12H2,1-2H3,(H,25,26,27). The summed E-state index contributed by atoms with van der Waals surface area (Å²) in [6.07, 6.45) is 7.86. The van der Waals surface area contributed by atoms with Crippen molar-refractivity contribution in [1.29, 1.82) is 5.26 Å². The fourth-order valence-corrected chi connectivity index (χ4v) is 4.28. The van der Waals surface area contributed by atoms with Gasteiger partial charge in [-0.1, -0.05) is 19.8 Å². The number of rotatable bonds is 9. The topological polar surface area (TPSA) is 129 Å². The zero-order chi connectivity index (χ0) is 23.1. The van der Waals surface area contributed by atoms with E-state index in [0.717, 1.165) is 38.4 Å². The lowest BCUT2D eigenvalue weighted by atomic mass is 9.90. The van der Waals surface area contributed by atoms with Crippen molar-refractivity contribution < 1.29 is 13.2 Å². The summed E-state index contributed by atoms with van der Waals surface area (Å²) in [7, 11) is -3.38. The molecule has 1 aliphatic heterocycles. The number of nitrogens with one attached hydrogen (secondary N) is 1. The van der Waals surface area contributed by atoms with Gasteiger partial charge in [-0.2, -0.15) is 5.26 Å². The molecule has 2 aromatic rings. The summed E-state index contributed by atoms with van der Waals surface area (Å²) in [6.45, 7) is 3.51. The number of carbonyl (C=O) groups excluding carboxylic acids is 1. The maximum Gasteiger partial charge on any atom is 0.236 e. The van der Waals surface area contributed by atoms with E-state index in [9.17, 15) is 18.5 Å². The number of sulfone groups is 1. The molecule has 2 aromatic heterocycles. The first kappa shape index (κ1) is 23.6. The minimum absolute atomic E-state index is 0.0174. The molecule has 3 heterocycles. The molecule has 3 rings (SSSR count). The molecule has 0 saturated carbocycles. The van der Waals surface area contributed by atoms with E-state index in [2.05, 4.69) is 32.1 Å². The average molecular weight is 457 g/mol. The molecule has 0 bridgehead atoms. The Balaban J connectivity index is 1.68. The van der Waals surface area contributed by atoms with Gasteiger partial charge in [0.05, 0.1) is 11.9 Å². The van der Waals surface area contributed by atoms with Crippen molar-refractivity contribution in [1.82, 2.24) is 15.0 Å². The molecule has 1 N–H and O–H groups in total. The van der Waals surface area contributed by atoms with Crippen molar-refractivity contribution in [3.05, 3.63) is 30.2 Å². The predicted molar refractivity (Wildman–Crippen MR) is 121 cm³/mol. The number of nitriles is 1. The Morgan fingerprint density at radius 2 is 2.00 bits per heavy atom. The molecular weight excluding hydrogens is 428 g/mol. The van der Waals surface area contributed by atoms with E-state index in [4.69, 9.17) is 0 Å². The molecule has 1 fully saturated rings. The van der Waals surface area contributed by atoms with Gasteiger partial charge >= 0.3 is 0 Å². The molecule has 0 unspecified atom stereocenters. The van der Waals surface area contributed by atoms with Gasteiger partial charge in [-0.25, -0.2) is 23.4 Å². The molecule has 32 heavy (non-hydrogen) atoms. The van der Waals surface area contributed by atoms with E-state index in [1.165, 1.54) is 12.3 Å². The van der Waals surface area contributed by atoms with Crippen molar-refractivity contribution >= 4 is 32.9 Å². The summed E-state index contributed by atoms with van der Waals surface area (Å²) in [5.41, 5.74) is 0.544. The number of hydrogen-bond donors (Lipinski definition) is 1. The second kappa shape index (κ2) is 10.5. The Morgan fingerprint density at radius 1 is 1.25 bits per heavy atom. The zero-order valence-electron chi connectivity index (χ0n) is 18.4. The zero-order valence-corrected chi connectivity index (χ0v) is 19.2. The van der Waals surface area contributed by atoms with Crippen LogP contribution >= 0.6 is 0 Å². The molecule has 0 atom stereocenters. The third kappa shape index (κ3) is 6.23. The third-order valence-electron chi connectivity index (χ3n) is 5.50. The first-order valence-corrected chi connectivity index (χ1v) is 12.7. The Labute approximate surface area is 188 Å². The van der Waals surface area contributed by atoms with E-state index in [1.807, 2.05) is 6.07 Å². The monoisotopic (exact) mass is 456 g/mol. The van der Waals surface area contributed by atoms with Gasteiger partial charge in [-0.05, 0) is 31.4 Å². The first-order valence-electron chi connectivity index (χ1n) is 10.8. The molecular formula is C22H28N6O3S. The van der Waals surface area contributed by atoms with E-state index in [-0.39, 0.29) is 16.8 Å². The third-order valence-corrected chi connectivity index (χ3v) is 6.50. The maximum absolute atomic E-state index is 12.4. The number of anilines is 3. The highest BCUT2D eigenvalue weighted by Crippen LogP contribution is 2.26. The van der Waals surface area contributed by atoms with Crippen molar-refractivity contribution in [3.8, 4) is 6.07 Å². The van der Waals surface area contributed by atoms with Crippen molar-refractivity contribution in [2.45, 2.75) is 50.5 Å². The summed E-state index contributed by atoms with van der Waals surface area (Å²) < 4.78 is 23.1. The number of unbranched alkanes of at least 4 members (excludes halogenated alkanes) is 2. The van der Waals surface area contributed by atoms with Crippen LogP contribution in [0.4, 0.5) is 17.3 Å². The van der Waals surface area contributed by atoms with Crippen LogP contribution < -0.4 is 10.2 Å². The van der Waals surface area contributed by atoms with Crippen LogP contribution in [0, 0.1) is 17.2 Å². The lowest BCUT2D eigenvalue weighted by molar-refractivity contribution is -0.123. The molecule has 10 heteroatoms. The number of nitrogens with zero attached hydrogens (tertiary/aromatic N) is 5. The van der Waals surface area contributed by atoms with Crippen molar-refractivity contribution in [2.24, 2.45) is 5.92 Å². The highest BCUT2D eigenvalue weighted by molar-refractivity contribution is 7.90. The molecule has 9 nitrogen and oxygen atoms in total. The Morgan fingerprint density at radius 3 is 2.59 bits per heavy atom. The van der Waals surface area contributed by atoms with E-state index in [1.54, 1.807) is 12.1 Å². The summed E-state index contributed by atoms with van der Waals surface area (Å²) in [6, 6.07) is 6.72. The van der Waals surface area contributed by atoms with Crippen LogP contribution in [0.2, 0.25) is 0 Å². The van der Waals surface area contributed by atoms with Gasteiger partial charge in [-0.15, -0.1) is 0 Å². The highest BCUT2D eigenvalue weighted by Gasteiger charge is 2.25. The summed E-state index contributed by atoms with van der Waals surface area (Å²) >= 11 is 0. The fraction of sp³-hybridized carbons (Fsp3) is 0.500. The summed E-state index contributed by atoms with van der Waals surface area (Å²) in [4.78, 5) is 27.0. The van der Waals surface area contributed by atoms with Crippen LogP contribution in [-0.4, -0.2) is 48.5 Å². The van der Waals surface area contributed by atoms with Gasteiger partial charge in [0, 0.05) is 37.8 Å². The first-order chi connectivity index (χ1) is 15.3. The van der Waals surface area contributed by atoms with Crippen LogP contribution in [0.3, 0.4) is 0 Å². The normalized spacial score (nSPS) is 14.7. The minimum atomic E-state index is -3.38. The number of piperidine rings is 1. The second-order valence-electron chi connectivity index (χ2n) is 8.01. The SMILES string of the molecule is CCCCCC(=O)C1CCN(c2cc(Nc3ccc(S(C)(=O)=O)nc3)nc(C#N)n2)CC1. The molecule has 0 aromatic carbocycles. The molecule has 170 valence electrons. The average Bonchev–Trinajstić information content (AvgIpc) is 2.79. The largest absolute Gasteiger partial charge is 0.356 e. The lowest BCUT2D eigenvalue weighted by Gasteiger charge is -2.32. The van der Waals surface area contributed by atoms with Crippen molar-refractivity contribution in [3.63, 3.8) is 0 Å². The maximum atomic E-state index is 12.4. The minimum Gasteiger partial charge on any atom is -0.356 e. The molecule has 0 amide bonds. The summed E-state index contributed by atoms with van der Waals surface area (Å²) in [5, 5.41) is 12.4. The number of carbonyl (C=O) groups is 1. The fourth-order valence-electron chi connectivity index (χ4n) is 3.72. The van der Waals surface area contributed by atoms with Gasteiger partial charge in [0.25, 0.3) is 0 Å². The van der Waals surface area contributed by atoms with Crippen LogP contribution in [-0.2, 0) is 14.6 Å². The summed E-state index contributed by atoms with van der Waals surface area (Å²) in [5.74, 6) is 1.52. The van der Waals surface area contributed by atoms with E-state index < -0.39 is 9.84 Å². The Bertz CT molecular complexity index is 1090. The Hall–Kier alpha value is -3.06. The highest BCUT2D eigenvalue weighted by atomic mass is 32.2. The van der Waals surface area contributed by atoms with Gasteiger partial charge < -0.3 is 10.2 Å². The molecule has 1 aliphatic rings. The molecule has 0 aliphatic carbocycles. The number of pyridine rings is 1. The number of ketones is 1. The van der Waals surface area contributed by atoms with Gasteiger partial charge in [-0.3, -0.25) is 4.79 Å². The van der Waals surface area contributed by atoms with Gasteiger partial charge in [0.2, 0.25) is 5.82 Å². The van der Waals surface area contributed by atoms with Crippen LogP contribution in [0.5, 0.6) is 0 Å². The lowest BCUT2D eigenvalue weighted by Crippen LogP contribution is -2.37. The van der Waals surface area contributed by atoms with Crippen LogP contribution in [0.15, 0.2) is 29.4 Å². The second-order valence-corrected chi connectivity index (χ2v) is 9.98. The van der Waals surface area contributed by atoms with E-state index >= 15 is 0 Å². The number of Topliss-reactive ketones (excluding diaryl/α,β-unsaturated/α-hetero) is 1. The van der Waals surface area contributed by atoms with Crippen molar-refractivity contribution in [2.75, 3.05) is 29.6 Å². The quantitative estimate of drug-likeness (QED) is 0.565. The number of hydrogen-bond acceptors (Lipinski definition) is 9. The molecule has 1 saturated heterocycles. The Kier molecular flexibility index (Phi) is 7.75. The van der Waals surface area contributed by atoms with E-state index in [0.29, 0.717) is 42.6 Å². The van der Waals surface area contributed by atoms with Gasteiger partial charge in [0.15, 0.2) is 14.9 Å². The predicted octanol–water partition coefficient (Wildman–Crippen LogP) is 3.26. The molecule has 0 radical (unpaired) electrons. The smallest absolute Gasteiger partial charge is 0.236 e. The van der Waals surface area contributed by atoms with Crippen LogP contribution in [0.1, 0.15) is 51.3 Å². The van der Waals surface area contributed by atoms with Gasteiger partial charge in [0.1, 0.15) is 23.5 Å². The number of aromatic nitrogens is 3. The van der Waals surface area contributed by atoms with Crippen LogP contribution in [0.25, 0.3) is 0 Å². The molecule has 0 spiro atoms.